The molecular weight excluding hydrogens is 291 g/mol. The number of hydrogen-bond acceptors (Lipinski definition) is 3. The Morgan fingerprint density at radius 2 is 2.00 bits per heavy atom. The van der Waals surface area contributed by atoms with E-state index in [9.17, 15) is 12.8 Å². The van der Waals surface area contributed by atoms with E-state index in [1.54, 1.807) is 6.92 Å². The van der Waals surface area contributed by atoms with Gasteiger partial charge >= 0.3 is 0 Å². The summed E-state index contributed by atoms with van der Waals surface area (Å²) in [5, 5.41) is 0.205. The number of anilines is 1. The van der Waals surface area contributed by atoms with Crippen molar-refractivity contribution in [3.05, 3.63) is 53.1 Å². The summed E-state index contributed by atoms with van der Waals surface area (Å²) in [6.45, 7) is 1.61. The normalized spacial score (nSPS) is 11.3. The fourth-order valence-corrected chi connectivity index (χ4v) is 2.65. The van der Waals surface area contributed by atoms with E-state index in [2.05, 4.69) is 9.71 Å². The molecule has 1 aromatic carbocycles. The summed E-state index contributed by atoms with van der Waals surface area (Å²) >= 11 is 5.60. The average Bonchev–Trinajstić information content (AvgIpc) is 2.33. The predicted molar refractivity (Wildman–Crippen MR) is 71.2 cm³/mol. The average molecular weight is 301 g/mol. The molecule has 19 heavy (non-hydrogen) atoms. The molecule has 0 saturated heterocycles. The van der Waals surface area contributed by atoms with Crippen LogP contribution in [-0.2, 0) is 10.0 Å². The van der Waals surface area contributed by atoms with Gasteiger partial charge in [0.25, 0.3) is 10.0 Å². The molecule has 7 heteroatoms. The van der Waals surface area contributed by atoms with Crippen molar-refractivity contribution < 1.29 is 12.8 Å². The van der Waals surface area contributed by atoms with Gasteiger partial charge in [-0.1, -0.05) is 11.6 Å². The molecule has 1 heterocycles. The number of aryl methyl sites for hydroxylation is 1. The first-order valence-corrected chi connectivity index (χ1v) is 7.15. The van der Waals surface area contributed by atoms with E-state index in [0.29, 0.717) is 11.3 Å². The minimum atomic E-state index is -3.76. The van der Waals surface area contributed by atoms with Crippen LogP contribution >= 0.6 is 11.6 Å². The molecule has 0 aliphatic carbocycles. The SMILES string of the molecule is Cc1cc(F)ccc1NS(=O)(=O)c1ccc(Cl)nc1. The Balaban J connectivity index is 2.33. The lowest BCUT2D eigenvalue weighted by molar-refractivity contribution is 0.600. The van der Waals surface area contributed by atoms with E-state index in [4.69, 9.17) is 11.6 Å². The Bertz CT molecular complexity index is 702. The molecule has 0 saturated carbocycles. The Morgan fingerprint density at radius 3 is 2.58 bits per heavy atom. The minimum Gasteiger partial charge on any atom is -0.279 e. The first kappa shape index (κ1) is 13.8. The summed E-state index contributed by atoms with van der Waals surface area (Å²) in [5.74, 6) is -0.423. The van der Waals surface area contributed by atoms with Crippen LogP contribution in [0.1, 0.15) is 5.56 Å². The number of halogens is 2. The van der Waals surface area contributed by atoms with Crippen molar-refractivity contribution in [2.24, 2.45) is 0 Å². The molecule has 0 fully saturated rings. The summed E-state index contributed by atoms with van der Waals surface area (Å²) in [6, 6.07) is 6.53. The summed E-state index contributed by atoms with van der Waals surface area (Å²) < 4.78 is 39.4. The lowest BCUT2D eigenvalue weighted by atomic mass is 10.2. The van der Waals surface area contributed by atoms with Crippen LogP contribution < -0.4 is 4.72 Å². The van der Waals surface area contributed by atoms with Crippen LogP contribution in [0.15, 0.2) is 41.4 Å². The molecule has 100 valence electrons. The van der Waals surface area contributed by atoms with Crippen molar-refractivity contribution in [1.82, 2.24) is 4.98 Å². The third-order valence-corrected chi connectivity index (χ3v) is 4.02. The van der Waals surface area contributed by atoms with Gasteiger partial charge in [-0.3, -0.25) is 4.72 Å². The van der Waals surface area contributed by atoms with Crippen molar-refractivity contribution in [1.29, 1.82) is 0 Å². The molecule has 0 aliphatic heterocycles. The van der Waals surface area contributed by atoms with Gasteiger partial charge in [-0.2, -0.15) is 0 Å². The third-order valence-electron chi connectivity index (χ3n) is 2.44. The molecule has 0 bridgehead atoms. The lowest BCUT2D eigenvalue weighted by Crippen LogP contribution is -2.14. The largest absolute Gasteiger partial charge is 0.279 e. The zero-order chi connectivity index (χ0) is 14.0. The molecule has 0 amide bonds. The number of benzene rings is 1. The fourth-order valence-electron chi connectivity index (χ4n) is 1.47. The summed E-state index contributed by atoms with van der Waals surface area (Å²) in [5.41, 5.74) is 0.807. The summed E-state index contributed by atoms with van der Waals surface area (Å²) in [7, 11) is -3.76. The summed E-state index contributed by atoms with van der Waals surface area (Å²) in [4.78, 5) is 3.70. The number of aromatic nitrogens is 1. The van der Waals surface area contributed by atoms with Gasteiger partial charge in [0.2, 0.25) is 0 Å². The highest BCUT2D eigenvalue weighted by atomic mass is 35.5. The first-order valence-electron chi connectivity index (χ1n) is 5.29. The number of sulfonamides is 1. The number of nitrogens with zero attached hydrogens (tertiary/aromatic N) is 1. The molecule has 2 rings (SSSR count). The van der Waals surface area contributed by atoms with Crippen LogP contribution in [0, 0.1) is 12.7 Å². The molecule has 2 aromatic rings. The maximum Gasteiger partial charge on any atom is 0.263 e. The Kier molecular flexibility index (Phi) is 3.73. The van der Waals surface area contributed by atoms with E-state index in [1.165, 1.54) is 30.3 Å². The molecule has 0 spiro atoms. The van der Waals surface area contributed by atoms with E-state index in [0.717, 1.165) is 6.20 Å². The van der Waals surface area contributed by atoms with Crippen LogP contribution in [0.4, 0.5) is 10.1 Å². The van der Waals surface area contributed by atoms with E-state index < -0.39 is 15.8 Å². The van der Waals surface area contributed by atoms with E-state index >= 15 is 0 Å². The second-order valence-corrected chi connectivity index (χ2v) is 5.95. The molecule has 4 nitrogen and oxygen atoms in total. The van der Waals surface area contributed by atoms with Gasteiger partial charge in [0, 0.05) is 6.20 Å². The third kappa shape index (κ3) is 3.21. The van der Waals surface area contributed by atoms with Crippen LogP contribution in [0.25, 0.3) is 0 Å². The molecule has 1 aromatic heterocycles. The van der Waals surface area contributed by atoms with Crippen molar-refractivity contribution in [2.75, 3.05) is 4.72 Å². The highest BCUT2D eigenvalue weighted by Crippen LogP contribution is 2.20. The maximum absolute atomic E-state index is 12.9. The van der Waals surface area contributed by atoms with Crippen LogP contribution in [0.3, 0.4) is 0 Å². The zero-order valence-corrected chi connectivity index (χ0v) is 11.5. The van der Waals surface area contributed by atoms with Crippen molar-refractivity contribution >= 4 is 27.3 Å². The zero-order valence-electron chi connectivity index (χ0n) is 9.89. The highest BCUT2D eigenvalue weighted by molar-refractivity contribution is 7.92. The van der Waals surface area contributed by atoms with Gasteiger partial charge in [0.1, 0.15) is 15.9 Å². The van der Waals surface area contributed by atoms with Crippen LogP contribution in [0.2, 0.25) is 5.15 Å². The number of hydrogen-bond donors (Lipinski definition) is 1. The predicted octanol–water partition coefficient (Wildman–Crippen LogP) is 2.98. The Morgan fingerprint density at radius 1 is 1.26 bits per heavy atom. The van der Waals surface area contributed by atoms with Gasteiger partial charge in [-0.25, -0.2) is 17.8 Å². The van der Waals surface area contributed by atoms with Gasteiger partial charge < -0.3 is 0 Å². The number of nitrogens with one attached hydrogen (secondary N) is 1. The molecule has 1 N–H and O–H groups in total. The molecule has 0 radical (unpaired) electrons. The fraction of sp³-hybridized carbons (Fsp3) is 0.0833. The Hall–Kier alpha value is -1.66. The molecule has 0 aliphatic rings. The molecular formula is C12H10ClFN2O2S. The second-order valence-electron chi connectivity index (χ2n) is 3.88. The lowest BCUT2D eigenvalue weighted by Gasteiger charge is -2.10. The topological polar surface area (TPSA) is 59.1 Å². The minimum absolute atomic E-state index is 0.0133. The van der Waals surface area contributed by atoms with Crippen LogP contribution in [-0.4, -0.2) is 13.4 Å². The van der Waals surface area contributed by atoms with Gasteiger partial charge in [-0.15, -0.1) is 0 Å². The van der Waals surface area contributed by atoms with Crippen molar-refractivity contribution in [3.8, 4) is 0 Å². The molecule has 0 unspecified atom stereocenters. The monoisotopic (exact) mass is 300 g/mol. The van der Waals surface area contributed by atoms with E-state index in [-0.39, 0.29) is 10.0 Å². The highest BCUT2D eigenvalue weighted by Gasteiger charge is 2.15. The summed E-state index contributed by atoms with van der Waals surface area (Å²) in [6.07, 6.45) is 1.16. The molecule has 0 atom stereocenters. The van der Waals surface area contributed by atoms with Gasteiger partial charge in [0.15, 0.2) is 0 Å². The number of rotatable bonds is 3. The maximum atomic E-state index is 12.9. The smallest absolute Gasteiger partial charge is 0.263 e. The van der Waals surface area contributed by atoms with Crippen molar-refractivity contribution in [3.63, 3.8) is 0 Å². The standard InChI is InChI=1S/C12H10ClFN2O2S/c1-8-6-9(14)2-4-11(8)16-19(17,18)10-3-5-12(13)15-7-10/h2-7,16H,1H3. The van der Waals surface area contributed by atoms with Crippen LogP contribution in [0.5, 0.6) is 0 Å². The quantitative estimate of drug-likeness (QED) is 0.887. The second kappa shape index (κ2) is 5.14. The van der Waals surface area contributed by atoms with Gasteiger partial charge in [0.05, 0.1) is 5.69 Å². The van der Waals surface area contributed by atoms with Gasteiger partial charge in [-0.05, 0) is 42.8 Å². The van der Waals surface area contributed by atoms with E-state index in [1.807, 2.05) is 0 Å². The first-order chi connectivity index (χ1) is 8.88. The Labute approximate surface area is 115 Å². The van der Waals surface area contributed by atoms with Crippen molar-refractivity contribution in [2.45, 2.75) is 11.8 Å². The number of pyridine rings is 1.